The average Bonchev–Trinajstić information content (AvgIpc) is 3.13. The lowest BCUT2D eigenvalue weighted by Crippen LogP contribution is -2.36. The Labute approximate surface area is 157 Å². The number of hydrogen-bond acceptors (Lipinski definition) is 4. The van der Waals surface area contributed by atoms with Gasteiger partial charge < -0.3 is 4.90 Å². The molecule has 1 aromatic carbocycles. The lowest BCUT2D eigenvalue weighted by Gasteiger charge is -2.26. The molecule has 0 spiro atoms. The second kappa shape index (κ2) is 7.34. The number of fused-ring (bicyclic) bond motifs is 1. The molecule has 0 radical (unpaired) electrons. The second-order valence-corrected chi connectivity index (χ2v) is 7.06. The molecule has 4 rings (SSSR count). The van der Waals surface area contributed by atoms with E-state index in [0.29, 0.717) is 24.0 Å². The van der Waals surface area contributed by atoms with Crippen LogP contribution in [0.4, 0.5) is 0 Å². The molecule has 0 unspecified atom stereocenters. The molecule has 7 heteroatoms. The van der Waals surface area contributed by atoms with Gasteiger partial charge in [0.1, 0.15) is 5.39 Å². The molecule has 0 N–H and O–H groups in total. The van der Waals surface area contributed by atoms with Crippen molar-refractivity contribution >= 4 is 16.9 Å². The van der Waals surface area contributed by atoms with Crippen molar-refractivity contribution in [1.82, 2.24) is 24.2 Å². The van der Waals surface area contributed by atoms with Gasteiger partial charge in [-0.2, -0.15) is 5.10 Å². The van der Waals surface area contributed by atoms with E-state index in [4.69, 9.17) is 0 Å². The van der Waals surface area contributed by atoms with Crippen molar-refractivity contribution in [3.8, 4) is 5.69 Å². The van der Waals surface area contributed by atoms with Crippen LogP contribution in [0.25, 0.3) is 16.7 Å². The highest BCUT2D eigenvalue weighted by atomic mass is 16.2. The smallest absolute Gasteiger partial charge is 0.264 e. The highest BCUT2D eigenvalue weighted by Gasteiger charge is 2.17. The fourth-order valence-electron chi connectivity index (χ4n) is 3.50. The molecule has 2 aromatic heterocycles. The van der Waals surface area contributed by atoms with Crippen molar-refractivity contribution in [3.05, 3.63) is 52.7 Å². The monoisotopic (exact) mass is 365 g/mol. The van der Waals surface area contributed by atoms with Crippen LogP contribution in [0, 0.1) is 6.92 Å². The standard InChI is InChI=1S/C20H23N5O2/c1-15-5-7-16(8-6-15)25-19-17(13-22-25)20(27)24(14-21-19)12-9-18(26)23-10-3-2-4-11-23/h5-8,13-14H,2-4,9-12H2,1H3. The van der Waals surface area contributed by atoms with E-state index >= 15 is 0 Å². The maximum absolute atomic E-state index is 12.8. The van der Waals surface area contributed by atoms with E-state index in [2.05, 4.69) is 10.1 Å². The number of nitrogens with zero attached hydrogens (tertiary/aromatic N) is 5. The normalized spacial score (nSPS) is 14.6. The number of aryl methyl sites for hydroxylation is 2. The topological polar surface area (TPSA) is 73.0 Å². The Kier molecular flexibility index (Phi) is 4.75. The second-order valence-electron chi connectivity index (χ2n) is 7.06. The number of carbonyl (C=O) groups is 1. The van der Waals surface area contributed by atoms with Gasteiger partial charge in [-0.1, -0.05) is 17.7 Å². The van der Waals surface area contributed by atoms with Crippen LogP contribution in [0.5, 0.6) is 0 Å². The maximum Gasteiger partial charge on any atom is 0.264 e. The van der Waals surface area contributed by atoms with Crippen LogP contribution < -0.4 is 5.56 Å². The van der Waals surface area contributed by atoms with Gasteiger partial charge in [0.05, 0.1) is 18.2 Å². The maximum atomic E-state index is 12.8. The Balaban J connectivity index is 1.55. The molecule has 7 nitrogen and oxygen atoms in total. The van der Waals surface area contributed by atoms with Crippen molar-refractivity contribution in [2.75, 3.05) is 13.1 Å². The highest BCUT2D eigenvalue weighted by Crippen LogP contribution is 2.14. The molecule has 140 valence electrons. The number of amides is 1. The van der Waals surface area contributed by atoms with Gasteiger partial charge in [0.25, 0.3) is 5.56 Å². The van der Waals surface area contributed by atoms with Gasteiger partial charge in [0, 0.05) is 26.1 Å². The molecule has 3 aromatic rings. The van der Waals surface area contributed by atoms with Crippen LogP contribution in [-0.2, 0) is 11.3 Å². The predicted molar refractivity (Wildman–Crippen MR) is 103 cm³/mol. The lowest BCUT2D eigenvalue weighted by molar-refractivity contribution is -0.132. The zero-order chi connectivity index (χ0) is 18.8. The number of benzene rings is 1. The molecule has 0 atom stereocenters. The fraction of sp³-hybridized carbons (Fsp3) is 0.400. The highest BCUT2D eigenvalue weighted by molar-refractivity contribution is 5.76. The van der Waals surface area contributed by atoms with Crippen LogP contribution in [0.3, 0.4) is 0 Å². The number of piperidine rings is 1. The summed E-state index contributed by atoms with van der Waals surface area (Å²) in [6.45, 7) is 4.02. The van der Waals surface area contributed by atoms with Gasteiger partial charge in [-0.3, -0.25) is 14.2 Å². The van der Waals surface area contributed by atoms with Gasteiger partial charge >= 0.3 is 0 Å². The summed E-state index contributed by atoms with van der Waals surface area (Å²) in [5.74, 6) is 0.108. The summed E-state index contributed by atoms with van der Waals surface area (Å²) in [4.78, 5) is 31.4. The molecular formula is C20H23N5O2. The van der Waals surface area contributed by atoms with Crippen LogP contribution in [0.1, 0.15) is 31.2 Å². The minimum absolute atomic E-state index is 0.108. The van der Waals surface area contributed by atoms with E-state index in [-0.39, 0.29) is 11.5 Å². The molecular weight excluding hydrogens is 342 g/mol. The van der Waals surface area contributed by atoms with Gasteiger partial charge in [-0.05, 0) is 38.3 Å². The summed E-state index contributed by atoms with van der Waals surface area (Å²) in [5, 5.41) is 4.79. The first kappa shape index (κ1) is 17.5. The van der Waals surface area contributed by atoms with E-state index in [9.17, 15) is 9.59 Å². The van der Waals surface area contributed by atoms with E-state index in [0.717, 1.165) is 37.2 Å². The van der Waals surface area contributed by atoms with Crippen molar-refractivity contribution in [1.29, 1.82) is 0 Å². The van der Waals surface area contributed by atoms with E-state index < -0.39 is 0 Å². The first-order chi connectivity index (χ1) is 13.1. The van der Waals surface area contributed by atoms with Crippen molar-refractivity contribution in [3.63, 3.8) is 0 Å². The van der Waals surface area contributed by atoms with Crippen molar-refractivity contribution in [2.24, 2.45) is 0 Å². The van der Waals surface area contributed by atoms with E-state index in [1.807, 2.05) is 36.1 Å². The first-order valence-electron chi connectivity index (χ1n) is 9.41. The third kappa shape index (κ3) is 3.49. The molecule has 0 bridgehead atoms. The third-order valence-corrected chi connectivity index (χ3v) is 5.11. The number of hydrogen-bond donors (Lipinski definition) is 0. The Morgan fingerprint density at radius 2 is 1.85 bits per heavy atom. The minimum atomic E-state index is -0.162. The zero-order valence-electron chi connectivity index (χ0n) is 15.5. The third-order valence-electron chi connectivity index (χ3n) is 5.11. The zero-order valence-corrected chi connectivity index (χ0v) is 15.5. The molecule has 0 saturated carbocycles. The Hall–Kier alpha value is -2.96. The molecule has 1 fully saturated rings. The number of rotatable bonds is 4. The quantitative estimate of drug-likeness (QED) is 0.711. The van der Waals surface area contributed by atoms with Crippen LogP contribution in [-0.4, -0.2) is 43.2 Å². The van der Waals surface area contributed by atoms with Crippen LogP contribution in [0.2, 0.25) is 0 Å². The van der Waals surface area contributed by atoms with Crippen LogP contribution >= 0.6 is 0 Å². The van der Waals surface area contributed by atoms with Gasteiger partial charge in [-0.15, -0.1) is 0 Å². The summed E-state index contributed by atoms with van der Waals surface area (Å²) in [5.41, 5.74) is 2.39. The Bertz CT molecular complexity index is 1010. The van der Waals surface area contributed by atoms with Crippen molar-refractivity contribution < 1.29 is 4.79 Å². The molecule has 1 saturated heterocycles. The van der Waals surface area contributed by atoms with E-state index in [1.165, 1.54) is 17.3 Å². The summed E-state index contributed by atoms with van der Waals surface area (Å²) >= 11 is 0. The Morgan fingerprint density at radius 1 is 1.11 bits per heavy atom. The number of aromatic nitrogens is 4. The molecule has 27 heavy (non-hydrogen) atoms. The lowest BCUT2D eigenvalue weighted by atomic mass is 10.1. The predicted octanol–water partition coefficient (Wildman–Crippen LogP) is 2.29. The number of likely N-dealkylation sites (tertiary alicyclic amines) is 1. The molecule has 1 amide bonds. The SMILES string of the molecule is Cc1ccc(-n2ncc3c(=O)n(CCC(=O)N4CCCCC4)cnc32)cc1. The van der Waals surface area contributed by atoms with Crippen LogP contribution in [0.15, 0.2) is 41.6 Å². The summed E-state index contributed by atoms with van der Waals surface area (Å²) in [7, 11) is 0. The molecule has 1 aliphatic heterocycles. The fourth-order valence-corrected chi connectivity index (χ4v) is 3.50. The summed E-state index contributed by atoms with van der Waals surface area (Å²) < 4.78 is 3.17. The molecule has 0 aliphatic carbocycles. The van der Waals surface area contributed by atoms with Gasteiger partial charge in [-0.25, -0.2) is 9.67 Å². The van der Waals surface area contributed by atoms with Gasteiger partial charge in [0.2, 0.25) is 5.91 Å². The minimum Gasteiger partial charge on any atom is -0.343 e. The van der Waals surface area contributed by atoms with Gasteiger partial charge in [0.15, 0.2) is 5.65 Å². The molecule has 3 heterocycles. The average molecular weight is 365 g/mol. The molecule has 1 aliphatic rings. The van der Waals surface area contributed by atoms with Crippen molar-refractivity contribution in [2.45, 2.75) is 39.2 Å². The Morgan fingerprint density at radius 3 is 2.59 bits per heavy atom. The summed E-state index contributed by atoms with van der Waals surface area (Å²) in [6.07, 6.45) is 6.71. The number of carbonyl (C=O) groups excluding carboxylic acids is 1. The van der Waals surface area contributed by atoms with E-state index in [1.54, 1.807) is 10.9 Å². The summed E-state index contributed by atoms with van der Waals surface area (Å²) in [6, 6.07) is 7.89. The first-order valence-corrected chi connectivity index (χ1v) is 9.41. The largest absolute Gasteiger partial charge is 0.343 e.